The lowest BCUT2D eigenvalue weighted by atomic mass is 9.85. The van der Waals surface area contributed by atoms with E-state index in [-0.39, 0.29) is 11.6 Å². The van der Waals surface area contributed by atoms with Gasteiger partial charge in [-0.25, -0.2) is 0 Å². The molecule has 0 N–H and O–H groups in total. The molecule has 1 aliphatic carbocycles. The highest BCUT2D eigenvalue weighted by Crippen LogP contribution is 2.34. The first kappa shape index (κ1) is 10.8. The van der Waals surface area contributed by atoms with E-state index in [0.29, 0.717) is 33.8 Å². The van der Waals surface area contributed by atoms with Gasteiger partial charge in [0, 0.05) is 5.56 Å². The molecule has 0 unspecified atom stereocenters. The standard InChI is InChI=1S/C14H10O4/c1-7-11-9(6-18-7)13(15)8-4-3-5-10(17-2)12(8)14(11)16/h3-6H,1-2H3. The molecule has 1 aliphatic rings. The predicted molar refractivity (Wildman–Crippen MR) is 63.3 cm³/mol. The first-order valence-corrected chi connectivity index (χ1v) is 5.49. The summed E-state index contributed by atoms with van der Waals surface area (Å²) in [5, 5.41) is 0. The van der Waals surface area contributed by atoms with Crippen LogP contribution >= 0.6 is 0 Å². The average molecular weight is 242 g/mol. The zero-order valence-corrected chi connectivity index (χ0v) is 9.94. The Hall–Kier alpha value is -2.36. The van der Waals surface area contributed by atoms with E-state index in [1.54, 1.807) is 25.1 Å². The summed E-state index contributed by atoms with van der Waals surface area (Å²) >= 11 is 0. The van der Waals surface area contributed by atoms with E-state index < -0.39 is 0 Å². The number of ether oxygens (including phenoxy) is 1. The Morgan fingerprint density at radius 1 is 1.06 bits per heavy atom. The number of rotatable bonds is 1. The van der Waals surface area contributed by atoms with E-state index >= 15 is 0 Å². The van der Waals surface area contributed by atoms with Crippen molar-refractivity contribution in [1.29, 1.82) is 0 Å². The van der Waals surface area contributed by atoms with E-state index in [9.17, 15) is 9.59 Å². The van der Waals surface area contributed by atoms with Crippen molar-refractivity contribution in [2.75, 3.05) is 7.11 Å². The smallest absolute Gasteiger partial charge is 0.201 e. The second-order valence-electron chi connectivity index (χ2n) is 4.12. The second kappa shape index (κ2) is 3.57. The maximum Gasteiger partial charge on any atom is 0.201 e. The molecule has 0 amide bonds. The molecule has 4 heteroatoms. The van der Waals surface area contributed by atoms with Gasteiger partial charge < -0.3 is 9.15 Å². The van der Waals surface area contributed by atoms with Gasteiger partial charge in [-0.1, -0.05) is 12.1 Å². The highest BCUT2D eigenvalue weighted by molar-refractivity contribution is 6.29. The first-order chi connectivity index (χ1) is 8.65. The molecule has 0 fully saturated rings. The molecule has 18 heavy (non-hydrogen) atoms. The number of hydrogen-bond donors (Lipinski definition) is 0. The second-order valence-corrected chi connectivity index (χ2v) is 4.12. The van der Waals surface area contributed by atoms with Crippen molar-refractivity contribution >= 4 is 11.6 Å². The lowest BCUT2D eigenvalue weighted by Gasteiger charge is -2.16. The van der Waals surface area contributed by atoms with Crippen LogP contribution in [0.4, 0.5) is 0 Å². The highest BCUT2D eigenvalue weighted by atomic mass is 16.5. The topological polar surface area (TPSA) is 56.5 Å². The van der Waals surface area contributed by atoms with Crippen LogP contribution in [0.2, 0.25) is 0 Å². The van der Waals surface area contributed by atoms with Crippen molar-refractivity contribution in [3.05, 3.63) is 52.5 Å². The van der Waals surface area contributed by atoms with Crippen LogP contribution in [-0.2, 0) is 0 Å². The number of methoxy groups -OCH3 is 1. The van der Waals surface area contributed by atoms with Crippen molar-refractivity contribution in [3.63, 3.8) is 0 Å². The number of carbonyl (C=O) groups excluding carboxylic acids is 2. The van der Waals surface area contributed by atoms with Crippen molar-refractivity contribution in [3.8, 4) is 5.75 Å². The molecule has 0 bridgehead atoms. The van der Waals surface area contributed by atoms with Gasteiger partial charge in [0.2, 0.25) is 5.78 Å². The number of benzene rings is 1. The van der Waals surface area contributed by atoms with Gasteiger partial charge in [0.25, 0.3) is 0 Å². The highest BCUT2D eigenvalue weighted by Gasteiger charge is 2.35. The number of furan rings is 1. The third kappa shape index (κ3) is 1.20. The maximum atomic E-state index is 12.4. The van der Waals surface area contributed by atoms with Gasteiger partial charge in [0.1, 0.15) is 17.8 Å². The third-order valence-corrected chi connectivity index (χ3v) is 3.16. The fraction of sp³-hybridized carbons (Fsp3) is 0.143. The lowest BCUT2D eigenvalue weighted by molar-refractivity contribution is 0.0977. The Bertz CT molecular complexity index is 679. The molecule has 0 saturated carbocycles. The summed E-state index contributed by atoms with van der Waals surface area (Å²) in [4.78, 5) is 24.7. The molecule has 0 spiro atoms. The SMILES string of the molecule is COc1cccc2c1C(=O)c1c(coc1C)C2=O. The molecule has 1 aromatic carbocycles. The minimum absolute atomic E-state index is 0.199. The van der Waals surface area contributed by atoms with Gasteiger partial charge in [-0.05, 0) is 13.0 Å². The molecule has 0 aliphatic heterocycles. The Labute approximate surface area is 103 Å². The molecule has 90 valence electrons. The van der Waals surface area contributed by atoms with E-state index in [2.05, 4.69) is 0 Å². The summed E-state index contributed by atoms with van der Waals surface area (Å²) in [6.07, 6.45) is 1.34. The van der Waals surface area contributed by atoms with Crippen molar-refractivity contribution in [2.45, 2.75) is 6.92 Å². The van der Waals surface area contributed by atoms with Crippen LogP contribution in [0.3, 0.4) is 0 Å². The van der Waals surface area contributed by atoms with Crippen LogP contribution in [0.1, 0.15) is 37.6 Å². The van der Waals surface area contributed by atoms with Crippen molar-refractivity contribution in [2.24, 2.45) is 0 Å². The van der Waals surface area contributed by atoms with Crippen LogP contribution in [0.25, 0.3) is 0 Å². The van der Waals surface area contributed by atoms with Crippen LogP contribution in [0.15, 0.2) is 28.9 Å². The van der Waals surface area contributed by atoms with Gasteiger partial charge in [-0.15, -0.1) is 0 Å². The number of aryl methyl sites for hydroxylation is 1. The summed E-state index contributed by atoms with van der Waals surface area (Å²) in [5.41, 5.74) is 1.37. The average Bonchev–Trinajstić information content (AvgIpc) is 2.77. The van der Waals surface area contributed by atoms with Crippen LogP contribution < -0.4 is 4.74 Å². The molecular weight excluding hydrogens is 232 g/mol. The maximum absolute atomic E-state index is 12.4. The van der Waals surface area contributed by atoms with Crippen LogP contribution in [-0.4, -0.2) is 18.7 Å². The fourth-order valence-corrected chi connectivity index (χ4v) is 2.30. The zero-order valence-electron chi connectivity index (χ0n) is 9.94. The largest absolute Gasteiger partial charge is 0.496 e. The van der Waals surface area contributed by atoms with E-state index in [4.69, 9.17) is 9.15 Å². The molecule has 0 radical (unpaired) electrons. The molecule has 0 atom stereocenters. The van der Waals surface area contributed by atoms with Gasteiger partial charge in [0.05, 0.1) is 23.8 Å². The Morgan fingerprint density at radius 2 is 1.83 bits per heavy atom. The molecule has 4 nitrogen and oxygen atoms in total. The predicted octanol–water partition coefficient (Wildman–Crippen LogP) is 2.37. The van der Waals surface area contributed by atoms with Gasteiger partial charge in [-0.3, -0.25) is 9.59 Å². The minimum Gasteiger partial charge on any atom is -0.496 e. The van der Waals surface area contributed by atoms with Gasteiger partial charge >= 0.3 is 0 Å². The zero-order chi connectivity index (χ0) is 12.9. The molecular formula is C14H10O4. The van der Waals surface area contributed by atoms with E-state index in [0.717, 1.165) is 0 Å². The number of fused-ring (bicyclic) bond motifs is 2. The van der Waals surface area contributed by atoms with Gasteiger partial charge in [0.15, 0.2) is 5.78 Å². The quantitative estimate of drug-likeness (QED) is 0.657. The van der Waals surface area contributed by atoms with Crippen LogP contribution in [0, 0.1) is 6.92 Å². The summed E-state index contributed by atoms with van der Waals surface area (Å²) in [6, 6.07) is 4.99. The summed E-state index contributed by atoms with van der Waals surface area (Å²) in [7, 11) is 1.48. The van der Waals surface area contributed by atoms with Crippen LogP contribution in [0.5, 0.6) is 5.75 Å². The fourth-order valence-electron chi connectivity index (χ4n) is 2.30. The van der Waals surface area contributed by atoms with Crippen molar-refractivity contribution < 1.29 is 18.7 Å². The minimum atomic E-state index is -0.219. The van der Waals surface area contributed by atoms with E-state index in [1.165, 1.54) is 13.4 Å². The van der Waals surface area contributed by atoms with E-state index in [1.807, 2.05) is 0 Å². The third-order valence-electron chi connectivity index (χ3n) is 3.16. The molecule has 3 rings (SSSR count). The molecule has 2 aromatic rings. The molecule has 1 aromatic heterocycles. The molecule has 1 heterocycles. The lowest BCUT2D eigenvalue weighted by Crippen LogP contribution is -2.20. The number of ketones is 2. The Balaban J connectivity index is 2.35. The Kier molecular flexibility index (Phi) is 2.13. The number of carbonyl (C=O) groups is 2. The van der Waals surface area contributed by atoms with Crippen molar-refractivity contribution in [1.82, 2.24) is 0 Å². The number of hydrogen-bond acceptors (Lipinski definition) is 4. The Morgan fingerprint density at radius 3 is 2.56 bits per heavy atom. The monoisotopic (exact) mass is 242 g/mol. The normalized spacial score (nSPS) is 13.2. The summed E-state index contributed by atoms with van der Waals surface area (Å²) < 4.78 is 10.3. The first-order valence-electron chi connectivity index (χ1n) is 5.49. The summed E-state index contributed by atoms with van der Waals surface area (Å²) in [5.74, 6) is 0.454. The summed E-state index contributed by atoms with van der Waals surface area (Å²) in [6.45, 7) is 1.67. The molecule has 0 saturated heterocycles. The van der Waals surface area contributed by atoms with Gasteiger partial charge in [-0.2, -0.15) is 0 Å².